The highest BCUT2D eigenvalue weighted by atomic mass is 32.2. The van der Waals surface area contributed by atoms with E-state index >= 15 is 0 Å². The van der Waals surface area contributed by atoms with Gasteiger partial charge in [-0.15, -0.1) is 0 Å². The standard InChI is InChI=1S/C12H23N5S/c1-4-5-6-7-9(2)14-10-8-11(17-13)16-12(15-10)18-3/h8-9H,4-7,13H2,1-3H3,(H2,14,15,16,17). The smallest absolute Gasteiger partial charge is 0.191 e. The van der Waals surface area contributed by atoms with Crippen molar-refractivity contribution in [1.29, 1.82) is 0 Å². The highest BCUT2D eigenvalue weighted by molar-refractivity contribution is 7.98. The lowest BCUT2D eigenvalue weighted by Crippen LogP contribution is -2.17. The first kappa shape index (κ1) is 15.0. The molecule has 0 saturated carbocycles. The number of thioether (sulfide) groups is 1. The molecule has 1 aromatic heterocycles. The number of nitrogens with one attached hydrogen (secondary N) is 2. The summed E-state index contributed by atoms with van der Waals surface area (Å²) in [6, 6.07) is 2.24. The average molecular weight is 269 g/mol. The number of nitrogens with two attached hydrogens (primary N) is 1. The van der Waals surface area contributed by atoms with E-state index in [4.69, 9.17) is 5.84 Å². The van der Waals surface area contributed by atoms with Crippen molar-refractivity contribution in [2.45, 2.75) is 50.7 Å². The first-order valence-corrected chi connectivity index (χ1v) is 7.58. The SMILES string of the molecule is CCCCCC(C)Nc1cc(NN)nc(SC)n1. The third-order valence-electron chi connectivity index (χ3n) is 2.67. The number of hydrogen-bond donors (Lipinski definition) is 3. The molecule has 102 valence electrons. The summed E-state index contributed by atoms with van der Waals surface area (Å²) in [5, 5.41) is 4.11. The summed E-state index contributed by atoms with van der Waals surface area (Å²) in [7, 11) is 0. The highest BCUT2D eigenvalue weighted by Gasteiger charge is 2.06. The quantitative estimate of drug-likeness (QED) is 0.221. The topological polar surface area (TPSA) is 75.9 Å². The molecule has 18 heavy (non-hydrogen) atoms. The maximum Gasteiger partial charge on any atom is 0.191 e. The monoisotopic (exact) mass is 269 g/mol. The molecule has 0 bridgehead atoms. The van der Waals surface area contributed by atoms with E-state index in [1.807, 2.05) is 12.3 Å². The van der Waals surface area contributed by atoms with Crippen LogP contribution in [-0.4, -0.2) is 22.3 Å². The number of hydrogen-bond acceptors (Lipinski definition) is 6. The third-order valence-corrected chi connectivity index (χ3v) is 3.22. The van der Waals surface area contributed by atoms with Crippen molar-refractivity contribution >= 4 is 23.4 Å². The molecule has 0 aliphatic heterocycles. The van der Waals surface area contributed by atoms with E-state index in [-0.39, 0.29) is 0 Å². The predicted molar refractivity (Wildman–Crippen MR) is 78.8 cm³/mol. The Labute approximate surface area is 113 Å². The largest absolute Gasteiger partial charge is 0.367 e. The Balaban J connectivity index is 2.59. The van der Waals surface area contributed by atoms with Crippen molar-refractivity contribution in [3.05, 3.63) is 6.07 Å². The second-order valence-electron chi connectivity index (χ2n) is 4.31. The van der Waals surface area contributed by atoms with E-state index in [1.54, 1.807) is 0 Å². The van der Waals surface area contributed by atoms with Gasteiger partial charge in [0, 0.05) is 12.1 Å². The van der Waals surface area contributed by atoms with Crippen molar-refractivity contribution in [3.8, 4) is 0 Å². The molecular weight excluding hydrogens is 246 g/mol. The van der Waals surface area contributed by atoms with Gasteiger partial charge < -0.3 is 10.7 Å². The third kappa shape index (κ3) is 5.10. The molecule has 1 aromatic rings. The van der Waals surface area contributed by atoms with Gasteiger partial charge in [0.05, 0.1) is 0 Å². The highest BCUT2D eigenvalue weighted by Crippen LogP contribution is 2.18. The van der Waals surface area contributed by atoms with E-state index in [1.165, 1.54) is 31.0 Å². The van der Waals surface area contributed by atoms with Gasteiger partial charge in [0.1, 0.15) is 11.6 Å². The molecule has 1 unspecified atom stereocenters. The molecule has 5 nitrogen and oxygen atoms in total. The second kappa shape index (κ2) is 8.16. The Hall–Kier alpha value is -1.01. The second-order valence-corrected chi connectivity index (χ2v) is 5.08. The van der Waals surface area contributed by atoms with Gasteiger partial charge >= 0.3 is 0 Å². The van der Waals surface area contributed by atoms with Crippen LogP contribution in [0, 0.1) is 0 Å². The number of unbranched alkanes of at least 4 members (excludes halogenated alkanes) is 2. The van der Waals surface area contributed by atoms with Crippen LogP contribution in [0.2, 0.25) is 0 Å². The van der Waals surface area contributed by atoms with Gasteiger partial charge in [-0.1, -0.05) is 37.9 Å². The van der Waals surface area contributed by atoms with Crippen molar-refractivity contribution in [2.24, 2.45) is 5.84 Å². The van der Waals surface area contributed by atoms with Crippen LogP contribution in [-0.2, 0) is 0 Å². The Morgan fingerprint density at radius 1 is 1.33 bits per heavy atom. The van der Waals surface area contributed by atoms with Crippen LogP contribution >= 0.6 is 11.8 Å². The lowest BCUT2D eigenvalue weighted by molar-refractivity contribution is 0.613. The normalized spacial score (nSPS) is 12.2. The number of hydrazine groups is 1. The summed E-state index contributed by atoms with van der Waals surface area (Å²) < 4.78 is 0. The molecule has 0 radical (unpaired) electrons. The average Bonchev–Trinajstić information content (AvgIpc) is 2.38. The van der Waals surface area contributed by atoms with Crippen molar-refractivity contribution < 1.29 is 0 Å². The van der Waals surface area contributed by atoms with Crippen LogP contribution in [0.15, 0.2) is 11.2 Å². The fourth-order valence-corrected chi connectivity index (χ4v) is 2.07. The number of aromatic nitrogens is 2. The van der Waals surface area contributed by atoms with Crippen molar-refractivity contribution in [3.63, 3.8) is 0 Å². The van der Waals surface area contributed by atoms with Gasteiger partial charge in [0.2, 0.25) is 0 Å². The summed E-state index contributed by atoms with van der Waals surface area (Å²) in [5.41, 5.74) is 2.56. The molecule has 6 heteroatoms. The van der Waals surface area contributed by atoms with Gasteiger partial charge in [-0.05, 0) is 19.6 Å². The number of rotatable bonds is 8. The molecule has 4 N–H and O–H groups in total. The molecule has 0 aliphatic rings. The minimum absolute atomic E-state index is 0.409. The molecule has 0 aliphatic carbocycles. The molecule has 0 fully saturated rings. The van der Waals surface area contributed by atoms with E-state index in [0.29, 0.717) is 17.0 Å². The summed E-state index contributed by atoms with van der Waals surface area (Å²) in [4.78, 5) is 8.64. The van der Waals surface area contributed by atoms with E-state index in [2.05, 4.69) is 34.6 Å². The molecule has 1 atom stereocenters. The maximum atomic E-state index is 5.39. The van der Waals surface area contributed by atoms with Gasteiger partial charge in [-0.25, -0.2) is 15.8 Å². The first-order chi connectivity index (χ1) is 8.69. The van der Waals surface area contributed by atoms with E-state index in [9.17, 15) is 0 Å². The van der Waals surface area contributed by atoms with Crippen LogP contribution < -0.4 is 16.6 Å². The zero-order chi connectivity index (χ0) is 13.4. The van der Waals surface area contributed by atoms with Gasteiger partial charge in [-0.2, -0.15) is 0 Å². The lowest BCUT2D eigenvalue weighted by Gasteiger charge is -2.15. The van der Waals surface area contributed by atoms with Crippen molar-refractivity contribution in [2.75, 3.05) is 17.0 Å². The molecule has 1 rings (SSSR count). The van der Waals surface area contributed by atoms with Gasteiger partial charge in [0.15, 0.2) is 5.16 Å². The lowest BCUT2D eigenvalue weighted by atomic mass is 10.1. The van der Waals surface area contributed by atoms with Gasteiger partial charge in [0.25, 0.3) is 0 Å². The van der Waals surface area contributed by atoms with Gasteiger partial charge in [-0.3, -0.25) is 0 Å². The van der Waals surface area contributed by atoms with Crippen LogP contribution in [0.4, 0.5) is 11.6 Å². The van der Waals surface area contributed by atoms with Crippen LogP contribution in [0.5, 0.6) is 0 Å². The Bertz CT molecular complexity index is 336. The van der Waals surface area contributed by atoms with Crippen LogP contribution in [0.25, 0.3) is 0 Å². The molecule has 1 heterocycles. The van der Waals surface area contributed by atoms with Crippen molar-refractivity contribution in [1.82, 2.24) is 9.97 Å². The zero-order valence-electron chi connectivity index (χ0n) is 11.4. The Morgan fingerprint density at radius 3 is 2.67 bits per heavy atom. The molecule has 0 spiro atoms. The number of nitrogens with zero attached hydrogens (tertiary/aromatic N) is 2. The Kier molecular flexibility index (Phi) is 6.82. The fraction of sp³-hybridized carbons (Fsp3) is 0.667. The predicted octanol–water partition coefficient (Wildman–Crippen LogP) is 2.86. The van der Waals surface area contributed by atoms with E-state index in [0.717, 1.165) is 12.2 Å². The minimum Gasteiger partial charge on any atom is -0.367 e. The summed E-state index contributed by atoms with van der Waals surface area (Å²) in [6.07, 6.45) is 6.87. The van der Waals surface area contributed by atoms with Crippen LogP contribution in [0.1, 0.15) is 39.5 Å². The summed E-state index contributed by atoms with van der Waals surface area (Å²) in [6.45, 7) is 4.39. The summed E-state index contributed by atoms with van der Waals surface area (Å²) in [5.74, 6) is 6.86. The number of nitrogen functional groups attached to an aromatic ring is 1. The molecule has 0 aromatic carbocycles. The van der Waals surface area contributed by atoms with Crippen LogP contribution in [0.3, 0.4) is 0 Å². The maximum absolute atomic E-state index is 5.39. The number of anilines is 2. The molecule has 0 saturated heterocycles. The zero-order valence-corrected chi connectivity index (χ0v) is 12.2. The minimum atomic E-state index is 0.409. The fourth-order valence-electron chi connectivity index (χ4n) is 1.69. The first-order valence-electron chi connectivity index (χ1n) is 6.35. The summed E-state index contributed by atoms with van der Waals surface area (Å²) >= 11 is 1.50. The van der Waals surface area contributed by atoms with E-state index < -0.39 is 0 Å². The molecular formula is C12H23N5S. The Morgan fingerprint density at radius 2 is 2.06 bits per heavy atom. The molecule has 0 amide bonds.